The first-order valence-electron chi connectivity index (χ1n) is 7.34. The fourth-order valence-electron chi connectivity index (χ4n) is 1.82. The molecule has 0 radical (unpaired) electrons. The number of hydrogen-bond acceptors (Lipinski definition) is 4. The Morgan fingerprint density at radius 1 is 1.36 bits per heavy atom. The maximum absolute atomic E-state index is 9.85. The first-order chi connectivity index (χ1) is 10.5. The highest BCUT2D eigenvalue weighted by Gasteiger charge is 2.08. The van der Waals surface area contributed by atoms with E-state index in [1.807, 2.05) is 18.2 Å². The van der Waals surface area contributed by atoms with Crippen LogP contribution in [0.3, 0.4) is 0 Å². The second-order valence-corrected chi connectivity index (χ2v) is 6.38. The summed E-state index contributed by atoms with van der Waals surface area (Å²) in [6, 6.07) is 5.76. The van der Waals surface area contributed by atoms with Crippen LogP contribution in [-0.4, -0.2) is 37.6 Å². The van der Waals surface area contributed by atoms with Crippen LogP contribution in [0.4, 0.5) is 0 Å². The molecule has 1 rings (SSSR count). The molecule has 1 aromatic carbocycles. The molecule has 0 fully saturated rings. The SMILES string of the molecule is C#CCOc1ccc(Br)cc1CNCC(O)COCC(C)C. The highest BCUT2D eigenvalue weighted by molar-refractivity contribution is 9.10. The van der Waals surface area contributed by atoms with Crippen molar-refractivity contribution in [3.63, 3.8) is 0 Å². The Hall–Kier alpha value is -1.06. The van der Waals surface area contributed by atoms with Crippen molar-refractivity contribution >= 4 is 15.9 Å². The van der Waals surface area contributed by atoms with E-state index in [2.05, 4.69) is 41.0 Å². The van der Waals surface area contributed by atoms with E-state index in [4.69, 9.17) is 15.9 Å². The largest absolute Gasteiger partial charge is 0.481 e. The Labute approximate surface area is 141 Å². The van der Waals surface area contributed by atoms with E-state index >= 15 is 0 Å². The van der Waals surface area contributed by atoms with Crippen LogP contribution in [-0.2, 0) is 11.3 Å². The van der Waals surface area contributed by atoms with Crippen LogP contribution < -0.4 is 10.1 Å². The van der Waals surface area contributed by atoms with Gasteiger partial charge in [-0.25, -0.2) is 0 Å². The van der Waals surface area contributed by atoms with Crippen molar-refractivity contribution in [1.29, 1.82) is 0 Å². The number of aliphatic hydroxyl groups is 1. The summed E-state index contributed by atoms with van der Waals surface area (Å²) in [5.74, 6) is 3.67. The van der Waals surface area contributed by atoms with Crippen LogP contribution >= 0.6 is 15.9 Å². The molecule has 22 heavy (non-hydrogen) atoms. The Balaban J connectivity index is 2.40. The summed E-state index contributed by atoms with van der Waals surface area (Å²) in [5.41, 5.74) is 0.986. The maximum Gasteiger partial charge on any atom is 0.148 e. The Morgan fingerprint density at radius 2 is 2.14 bits per heavy atom. The number of rotatable bonds is 10. The van der Waals surface area contributed by atoms with Crippen molar-refractivity contribution in [3.8, 4) is 18.1 Å². The van der Waals surface area contributed by atoms with Gasteiger partial charge in [0.25, 0.3) is 0 Å². The zero-order valence-corrected chi connectivity index (χ0v) is 14.7. The highest BCUT2D eigenvalue weighted by Crippen LogP contribution is 2.23. The van der Waals surface area contributed by atoms with Gasteiger partial charge in [-0.05, 0) is 24.1 Å². The van der Waals surface area contributed by atoms with Crippen LogP contribution in [0, 0.1) is 18.3 Å². The third-order valence-electron chi connectivity index (χ3n) is 2.79. The third-order valence-corrected chi connectivity index (χ3v) is 3.28. The van der Waals surface area contributed by atoms with Crippen LogP contribution in [0.2, 0.25) is 0 Å². The van der Waals surface area contributed by atoms with E-state index in [1.54, 1.807) is 0 Å². The fraction of sp³-hybridized carbons (Fsp3) is 0.529. The molecule has 0 saturated carbocycles. The lowest BCUT2D eigenvalue weighted by Gasteiger charge is -2.15. The average molecular weight is 370 g/mol. The summed E-state index contributed by atoms with van der Waals surface area (Å²) in [5, 5.41) is 13.1. The smallest absolute Gasteiger partial charge is 0.148 e. The van der Waals surface area contributed by atoms with E-state index in [-0.39, 0.29) is 6.61 Å². The van der Waals surface area contributed by atoms with Gasteiger partial charge in [-0.1, -0.05) is 35.7 Å². The molecule has 1 aromatic rings. The number of ether oxygens (including phenoxy) is 2. The van der Waals surface area contributed by atoms with Crippen molar-refractivity contribution in [2.24, 2.45) is 5.92 Å². The molecule has 0 saturated heterocycles. The predicted molar refractivity (Wildman–Crippen MR) is 91.8 cm³/mol. The Bertz CT molecular complexity index is 485. The van der Waals surface area contributed by atoms with E-state index in [0.717, 1.165) is 15.8 Å². The van der Waals surface area contributed by atoms with Gasteiger partial charge in [0.05, 0.1) is 12.7 Å². The second-order valence-electron chi connectivity index (χ2n) is 5.46. The lowest BCUT2D eigenvalue weighted by Crippen LogP contribution is -2.30. The predicted octanol–water partition coefficient (Wildman–Crippen LogP) is 2.58. The minimum absolute atomic E-state index is 0.236. The number of terminal acetylenes is 1. The van der Waals surface area contributed by atoms with Gasteiger partial charge in [0, 0.05) is 29.7 Å². The van der Waals surface area contributed by atoms with Crippen molar-refractivity contribution < 1.29 is 14.6 Å². The van der Waals surface area contributed by atoms with E-state index in [0.29, 0.717) is 32.2 Å². The average Bonchev–Trinajstić information content (AvgIpc) is 2.46. The summed E-state index contributed by atoms with van der Waals surface area (Å²) in [7, 11) is 0. The van der Waals surface area contributed by atoms with Crippen molar-refractivity contribution in [1.82, 2.24) is 5.32 Å². The van der Waals surface area contributed by atoms with Crippen LogP contribution in [0.15, 0.2) is 22.7 Å². The zero-order chi connectivity index (χ0) is 16.4. The van der Waals surface area contributed by atoms with Gasteiger partial charge in [-0.2, -0.15) is 0 Å². The van der Waals surface area contributed by atoms with Gasteiger partial charge in [0.2, 0.25) is 0 Å². The molecule has 5 heteroatoms. The van der Waals surface area contributed by atoms with E-state index in [9.17, 15) is 5.11 Å². The molecule has 0 aliphatic heterocycles. The molecule has 1 atom stereocenters. The molecule has 4 nitrogen and oxygen atoms in total. The maximum atomic E-state index is 9.85. The van der Waals surface area contributed by atoms with Crippen molar-refractivity contribution in [2.45, 2.75) is 26.5 Å². The topological polar surface area (TPSA) is 50.7 Å². The number of halogens is 1. The number of benzene rings is 1. The van der Waals surface area contributed by atoms with E-state index in [1.165, 1.54) is 0 Å². The van der Waals surface area contributed by atoms with Gasteiger partial charge < -0.3 is 19.9 Å². The minimum Gasteiger partial charge on any atom is -0.481 e. The van der Waals surface area contributed by atoms with E-state index < -0.39 is 6.10 Å². The fourth-order valence-corrected chi connectivity index (χ4v) is 2.23. The first kappa shape index (κ1) is 19.0. The number of nitrogens with one attached hydrogen (secondary N) is 1. The summed E-state index contributed by atoms with van der Waals surface area (Å²) in [6.07, 6.45) is 4.69. The zero-order valence-electron chi connectivity index (χ0n) is 13.1. The molecule has 0 heterocycles. The Morgan fingerprint density at radius 3 is 2.82 bits per heavy atom. The lowest BCUT2D eigenvalue weighted by molar-refractivity contribution is 0.0260. The minimum atomic E-state index is -0.527. The summed E-state index contributed by atoms with van der Waals surface area (Å²) >= 11 is 3.44. The van der Waals surface area contributed by atoms with Gasteiger partial charge in [-0.15, -0.1) is 6.42 Å². The quantitative estimate of drug-likeness (QED) is 0.622. The Kier molecular flexibility index (Phi) is 9.17. The van der Waals surface area contributed by atoms with Gasteiger partial charge in [-0.3, -0.25) is 0 Å². The molecule has 0 amide bonds. The summed E-state index contributed by atoms with van der Waals surface area (Å²) in [4.78, 5) is 0. The summed E-state index contributed by atoms with van der Waals surface area (Å²) in [6.45, 7) is 6.43. The van der Waals surface area contributed by atoms with Gasteiger partial charge in [0.1, 0.15) is 12.4 Å². The molecular weight excluding hydrogens is 346 g/mol. The van der Waals surface area contributed by atoms with Crippen LogP contribution in [0.1, 0.15) is 19.4 Å². The second kappa shape index (κ2) is 10.6. The summed E-state index contributed by atoms with van der Waals surface area (Å²) < 4.78 is 11.9. The molecule has 0 bridgehead atoms. The standard InChI is InChI=1S/C17H24BrNO3/c1-4-7-22-17-6-5-15(18)8-14(17)9-19-10-16(20)12-21-11-13(2)3/h1,5-6,8,13,16,19-20H,7,9-12H2,2-3H3. The molecule has 2 N–H and O–H groups in total. The molecule has 0 spiro atoms. The van der Waals surface area contributed by atoms with Gasteiger partial charge in [0.15, 0.2) is 0 Å². The monoisotopic (exact) mass is 369 g/mol. The van der Waals surface area contributed by atoms with Crippen LogP contribution in [0.25, 0.3) is 0 Å². The number of hydrogen-bond donors (Lipinski definition) is 2. The molecular formula is C17H24BrNO3. The van der Waals surface area contributed by atoms with Crippen LogP contribution in [0.5, 0.6) is 5.75 Å². The third kappa shape index (κ3) is 7.81. The lowest BCUT2D eigenvalue weighted by atomic mass is 10.2. The highest BCUT2D eigenvalue weighted by atomic mass is 79.9. The molecule has 0 aliphatic rings. The molecule has 122 valence electrons. The van der Waals surface area contributed by atoms with Gasteiger partial charge >= 0.3 is 0 Å². The first-order valence-corrected chi connectivity index (χ1v) is 8.13. The van der Waals surface area contributed by atoms with Crippen molar-refractivity contribution in [3.05, 3.63) is 28.2 Å². The number of aliphatic hydroxyl groups excluding tert-OH is 1. The molecule has 1 unspecified atom stereocenters. The van der Waals surface area contributed by atoms with Crippen molar-refractivity contribution in [2.75, 3.05) is 26.4 Å². The molecule has 0 aliphatic carbocycles. The molecule has 0 aromatic heterocycles. The normalized spacial score (nSPS) is 12.2.